The van der Waals surface area contributed by atoms with Crippen molar-refractivity contribution in [3.05, 3.63) is 64.7 Å². The molecular formula is C22H29ClN4O. The molecular weight excluding hydrogens is 372 g/mol. The topological polar surface area (TPSA) is 48.9 Å². The molecule has 6 heteroatoms. The molecule has 0 radical (unpaired) electrons. The molecule has 2 aromatic rings. The lowest BCUT2D eigenvalue weighted by atomic mass is 10.1. The Kier molecular flexibility index (Phi) is 8.00. The third-order valence-corrected chi connectivity index (χ3v) is 4.91. The van der Waals surface area contributed by atoms with Gasteiger partial charge < -0.3 is 20.3 Å². The van der Waals surface area contributed by atoms with Gasteiger partial charge in [0.1, 0.15) is 0 Å². The lowest BCUT2D eigenvalue weighted by molar-refractivity contribution is 0.122. The summed E-state index contributed by atoms with van der Waals surface area (Å²) in [6.07, 6.45) is 0.902. The molecule has 5 nitrogen and oxygen atoms in total. The smallest absolute Gasteiger partial charge is 0.191 e. The Morgan fingerprint density at radius 3 is 2.57 bits per heavy atom. The lowest BCUT2D eigenvalue weighted by Gasteiger charge is -2.28. The Labute approximate surface area is 172 Å². The molecule has 28 heavy (non-hydrogen) atoms. The van der Waals surface area contributed by atoms with Crippen LogP contribution in [0.1, 0.15) is 18.1 Å². The first kappa shape index (κ1) is 20.5. The largest absolute Gasteiger partial charge is 0.378 e. The number of benzene rings is 2. The minimum atomic E-state index is 0.649. The van der Waals surface area contributed by atoms with Crippen LogP contribution in [0.25, 0.3) is 0 Å². The maximum atomic E-state index is 6.05. The third kappa shape index (κ3) is 6.43. The normalized spacial score (nSPS) is 14.8. The number of anilines is 1. The molecule has 0 saturated carbocycles. The fourth-order valence-corrected chi connectivity index (χ4v) is 3.38. The van der Waals surface area contributed by atoms with Crippen LogP contribution in [0, 0.1) is 0 Å². The average Bonchev–Trinajstić information content (AvgIpc) is 2.73. The molecule has 2 aromatic carbocycles. The zero-order valence-corrected chi connectivity index (χ0v) is 17.2. The van der Waals surface area contributed by atoms with E-state index in [0.717, 1.165) is 56.8 Å². The van der Waals surface area contributed by atoms with Crippen molar-refractivity contribution < 1.29 is 4.74 Å². The van der Waals surface area contributed by atoms with Crippen LogP contribution >= 0.6 is 11.6 Å². The van der Waals surface area contributed by atoms with Crippen LogP contribution in [0.5, 0.6) is 0 Å². The van der Waals surface area contributed by atoms with Gasteiger partial charge in [0, 0.05) is 36.9 Å². The Hall–Kier alpha value is -2.24. The fraction of sp³-hybridized carbons (Fsp3) is 0.409. The van der Waals surface area contributed by atoms with E-state index in [-0.39, 0.29) is 0 Å². The number of halogens is 1. The molecule has 1 fully saturated rings. The molecule has 1 saturated heterocycles. The molecule has 0 aliphatic carbocycles. The van der Waals surface area contributed by atoms with Crippen molar-refractivity contribution in [2.45, 2.75) is 19.9 Å². The predicted molar refractivity (Wildman–Crippen MR) is 117 cm³/mol. The van der Waals surface area contributed by atoms with Gasteiger partial charge in [0.15, 0.2) is 5.96 Å². The van der Waals surface area contributed by atoms with Crippen LogP contribution in [0.4, 0.5) is 5.69 Å². The molecule has 3 rings (SSSR count). The van der Waals surface area contributed by atoms with Gasteiger partial charge in [-0.3, -0.25) is 0 Å². The van der Waals surface area contributed by atoms with Crippen LogP contribution in [-0.2, 0) is 17.7 Å². The highest BCUT2D eigenvalue weighted by Gasteiger charge is 2.10. The number of guanidine groups is 1. The van der Waals surface area contributed by atoms with E-state index < -0.39 is 0 Å². The van der Waals surface area contributed by atoms with E-state index in [1.54, 1.807) is 0 Å². The van der Waals surface area contributed by atoms with Gasteiger partial charge in [0.2, 0.25) is 0 Å². The Balaban J connectivity index is 1.51. The number of hydrogen-bond donors (Lipinski definition) is 2. The zero-order chi connectivity index (χ0) is 19.6. The summed E-state index contributed by atoms with van der Waals surface area (Å²) in [5, 5.41) is 7.48. The molecule has 2 N–H and O–H groups in total. The average molecular weight is 401 g/mol. The second-order valence-electron chi connectivity index (χ2n) is 6.77. The van der Waals surface area contributed by atoms with Crippen molar-refractivity contribution in [1.82, 2.24) is 10.6 Å². The van der Waals surface area contributed by atoms with Gasteiger partial charge in [-0.25, -0.2) is 4.99 Å². The first-order valence-electron chi connectivity index (χ1n) is 9.93. The summed E-state index contributed by atoms with van der Waals surface area (Å²) in [6, 6.07) is 16.6. The van der Waals surface area contributed by atoms with Gasteiger partial charge in [-0.05, 0) is 48.7 Å². The molecule has 150 valence electrons. The standard InChI is InChI=1S/C22H29ClN4O/c1-2-24-22(25-11-10-18-4-3-5-20(23)16-18)26-17-19-6-8-21(9-7-19)27-12-14-28-15-13-27/h3-9,16H,2,10-15,17H2,1H3,(H2,24,25,26). The van der Waals surface area contributed by atoms with E-state index in [0.29, 0.717) is 6.54 Å². The molecule has 0 unspecified atom stereocenters. The van der Waals surface area contributed by atoms with Crippen LogP contribution in [0.15, 0.2) is 53.5 Å². The molecule has 0 aromatic heterocycles. The van der Waals surface area contributed by atoms with Gasteiger partial charge in [-0.15, -0.1) is 0 Å². The minimum Gasteiger partial charge on any atom is -0.378 e. The highest BCUT2D eigenvalue weighted by Crippen LogP contribution is 2.17. The number of aliphatic imine (C=N–C) groups is 1. The van der Waals surface area contributed by atoms with Crippen molar-refractivity contribution in [3.8, 4) is 0 Å². The summed E-state index contributed by atoms with van der Waals surface area (Å²) >= 11 is 6.05. The van der Waals surface area contributed by atoms with E-state index in [1.807, 2.05) is 18.2 Å². The van der Waals surface area contributed by atoms with E-state index in [2.05, 4.69) is 52.8 Å². The monoisotopic (exact) mass is 400 g/mol. The Morgan fingerprint density at radius 1 is 1.07 bits per heavy atom. The summed E-state index contributed by atoms with van der Waals surface area (Å²) < 4.78 is 5.42. The van der Waals surface area contributed by atoms with Crippen LogP contribution < -0.4 is 15.5 Å². The molecule has 0 spiro atoms. The Morgan fingerprint density at radius 2 is 1.86 bits per heavy atom. The molecule has 1 aliphatic heterocycles. The van der Waals surface area contributed by atoms with Crippen molar-refractivity contribution in [1.29, 1.82) is 0 Å². The number of hydrogen-bond acceptors (Lipinski definition) is 3. The van der Waals surface area contributed by atoms with Crippen LogP contribution in [-0.4, -0.2) is 45.4 Å². The zero-order valence-electron chi connectivity index (χ0n) is 16.5. The molecule has 0 amide bonds. The first-order chi connectivity index (χ1) is 13.7. The van der Waals surface area contributed by atoms with Crippen molar-refractivity contribution in [2.75, 3.05) is 44.3 Å². The summed E-state index contributed by atoms with van der Waals surface area (Å²) in [5.74, 6) is 0.835. The SMILES string of the molecule is CCNC(=NCc1ccc(N2CCOCC2)cc1)NCCc1cccc(Cl)c1. The van der Waals surface area contributed by atoms with Crippen molar-refractivity contribution >= 4 is 23.2 Å². The Bertz CT molecular complexity index is 757. The van der Waals surface area contributed by atoms with E-state index in [1.165, 1.54) is 16.8 Å². The number of ether oxygens (including phenoxy) is 1. The lowest BCUT2D eigenvalue weighted by Crippen LogP contribution is -2.38. The third-order valence-electron chi connectivity index (χ3n) is 4.67. The number of rotatable bonds is 7. The predicted octanol–water partition coefficient (Wildman–Crippen LogP) is 3.47. The number of morpholine rings is 1. The minimum absolute atomic E-state index is 0.649. The quantitative estimate of drug-likeness (QED) is 0.552. The maximum Gasteiger partial charge on any atom is 0.191 e. The van der Waals surface area contributed by atoms with Gasteiger partial charge in [0.25, 0.3) is 0 Å². The summed E-state index contributed by atoms with van der Waals surface area (Å²) in [4.78, 5) is 7.07. The second-order valence-corrected chi connectivity index (χ2v) is 7.20. The fourth-order valence-electron chi connectivity index (χ4n) is 3.16. The van der Waals surface area contributed by atoms with Gasteiger partial charge in [-0.1, -0.05) is 35.9 Å². The molecule has 0 bridgehead atoms. The van der Waals surface area contributed by atoms with Gasteiger partial charge in [0.05, 0.1) is 19.8 Å². The van der Waals surface area contributed by atoms with E-state index in [4.69, 9.17) is 21.3 Å². The van der Waals surface area contributed by atoms with Crippen LogP contribution in [0.3, 0.4) is 0 Å². The summed E-state index contributed by atoms with van der Waals surface area (Å²) in [5.41, 5.74) is 3.67. The van der Waals surface area contributed by atoms with Gasteiger partial charge in [-0.2, -0.15) is 0 Å². The summed E-state index contributed by atoms with van der Waals surface area (Å²) in [7, 11) is 0. The second kappa shape index (κ2) is 10.9. The van der Waals surface area contributed by atoms with E-state index >= 15 is 0 Å². The maximum absolute atomic E-state index is 6.05. The summed E-state index contributed by atoms with van der Waals surface area (Å²) in [6.45, 7) is 7.89. The highest BCUT2D eigenvalue weighted by atomic mass is 35.5. The molecule has 1 heterocycles. The molecule has 1 aliphatic rings. The molecule has 0 atom stereocenters. The highest BCUT2D eigenvalue weighted by molar-refractivity contribution is 6.30. The van der Waals surface area contributed by atoms with Gasteiger partial charge >= 0.3 is 0 Å². The van der Waals surface area contributed by atoms with Crippen molar-refractivity contribution in [3.63, 3.8) is 0 Å². The first-order valence-corrected chi connectivity index (χ1v) is 10.3. The van der Waals surface area contributed by atoms with E-state index in [9.17, 15) is 0 Å². The number of nitrogens with zero attached hydrogens (tertiary/aromatic N) is 2. The van der Waals surface area contributed by atoms with Crippen LogP contribution in [0.2, 0.25) is 5.02 Å². The number of nitrogens with one attached hydrogen (secondary N) is 2. The van der Waals surface area contributed by atoms with Crippen molar-refractivity contribution in [2.24, 2.45) is 4.99 Å².